The second-order valence-corrected chi connectivity index (χ2v) is 6.18. The van der Waals surface area contributed by atoms with Gasteiger partial charge in [-0.25, -0.2) is 5.43 Å². The molecule has 0 bridgehead atoms. The molecule has 0 heterocycles. The van der Waals surface area contributed by atoms with Gasteiger partial charge < -0.3 is 4.74 Å². The molecule has 0 unspecified atom stereocenters. The zero-order chi connectivity index (χ0) is 18.1. The fourth-order valence-corrected chi connectivity index (χ4v) is 2.57. The van der Waals surface area contributed by atoms with Gasteiger partial charge in [-0.2, -0.15) is 5.10 Å². The summed E-state index contributed by atoms with van der Waals surface area (Å²) in [6, 6.07) is 15.8. The zero-order valence-electron chi connectivity index (χ0n) is 15.2. The number of carbonyl (C=O) groups excluding carboxylic acids is 1. The van der Waals surface area contributed by atoms with E-state index < -0.39 is 0 Å². The minimum atomic E-state index is -0.260. The SMILES string of the molecule is CCCC/C(=N\NC(=O)COc1cc(C)cc(C)c1)c1ccccc1. The lowest BCUT2D eigenvalue weighted by Gasteiger charge is -2.09. The highest BCUT2D eigenvalue weighted by atomic mass is 16.5. The molecule has 0 aromatic heterocycles. The van der Waals surface area contributed by atoms with Gasteiger partial charge in [0.2, 0.25) is 0 Å². The molecule has 0 aliphatic heterocycles. The topological polar surface area (TPSA) is 50.7 Å². The number of rotatable bonds is 8. The third kappa shape index (κ3) is 6.42. The van der Waals surface area contributed by atoms with Gasteiger partial charge in [-0.3, -0.25) is 4.79 Å². The Kier molecular flexibility index (Phi) is 7.20. The van der Waals surface area contributed by atoms with Crippen LogP contribution in [0.25, 0.3) is 0 Å². The summed E-state index contributed by atoms with van der Waals surface area (Å²) in [6.07, 6.45) is 2.94. The molecule has 2 aromatic rings. The fraction of sp³-hybridized carbons (Fsp3) is 0.333. The first-order chi connectivity index (χ1) is 12.1. The first kappa shape index (κ1) is 18.7. The van der Waals surface area contributed by atoms with Gasteiger partial charge in [-0.1, -0.05) is 49.7 Å². The lowest BCUT2D eigenvalue weighted by molar-refractivity contribution is -0.123. The van der Waals surface area contributed by atoms with Crippen molar-refractivity contribution in [2.24, 2.45) is 5.10 Å². The number of benzene rings is 2. The zero-order valence-corrected chi connectivity index (χ0v) is 15.2. The highest BCUT2D eigenvalue weighted by molar-refractivity contribution is 6.01. The van der Waals surface area contributed by atoms with Crippen LogP contribution in [0.4, 0.5) is 0 Å². The smallest absolute Gasteiger partial charge is 0.277 e. The van der Waals surface area contributed by atoms with Crippen molar-refractivity contribution in [3.05, 3.63) is 65.2 Å². The minimum absolute atomic E-state index is 0.0533. The van der Waals surface area contributed by atoms with Crippen LogP contribution in [-0.2, 0) is 4.79 Å². The molecule has 132 valence electrons. The molecule has 0 saturated heterocycles. The highest BCUT2D eigenvalue weighted by Crippen LogP contribution is 2.16. The van der Waals surface area contributed by atoms with Crippen LogP contribution in [0.2, 0.25) is 0 Å². The molecule has 25 heavy (non-hydrogen) atoms. The number of hydrogen-bond donors (Lipinski definition) is 1. The summed E-state index contributed by atoms with van der Waals surface area (Å²) in [4.78, 5) is 12.1. The molecule has 4 nitrogen and oxygen atoms in total. The maximum Gasteiger partial charge on any atom is 0.277 e. The van der Waals surface area contributed by atoms with Crippen molar-refractivity contribution in [2.75, 3.05) is 6.61 Å². The number of aryl methyl sites for hydroxylation is 2. The van der Waals surface area contributed by atoms with Crippen LogP contribution in [0.15, 0.2) is 53.6 Å². The van der Waals surface area contributed by atoms with E-state index in [0.717, 1.165) is 41.7 Å². The maximum absolute atomic E-state index is 12.1. The maximum atomic E-state index is 12.1. The van der Waals surface area contributed by atoms with Crippen molar-refractivity contribution in [3.8, 4) is 5.75 Å². The highest BCUT2D eigenvalue weighted by Gasteiger charge is 2.06. The summed E-state index contributed by atoms with van der Waals surface area (Å²) in [7, 11) is 0. The van der Waals surface area contributed by atoms with Gasteiger partial charge in [-0.15, -0.1) is 0 Å². The van der Waals surface area contributed by atoms with Gasteiger partial charge in [-0.05, 0) is 55.5 Å². The number of carbonyl (C=O) groups is 1. The minimum Gasteiger partial charge on any atom is -0.484 e. The molecule has 0 spiro atoms. The molecule has 0 radical (unpaired) electrons. The number of ether oxygens (including phenoxy) is 1. The van der Waals surface area contributed by atoms with Crippen molar-refractivity contribution < 1.29 is 9.53 Å². The summed E-state index contributed by atoms with van der Waals surface area (Å²) in [5.41, 5.74) is 6.76. The van der Waals surface area contributed by atoms with Crippen molar-refractivity contribution in [2.45, 2.75) is 40.0 Å². The van der Waals surface area contributed by atoms with E-state index in [2.05, 4.69) is 23.5 Å². The molecule has 1 amide bonds. The number of nitrogens with one attached hydrogen (secondary N) is 1. The molecule has 0 saturated carbocycles. The molecule has 4 heteroatoms. The van der Waals surface area contributed by atoms with Crippen LogP contribution in [-0.4, -0.2) is 18.2 Å². The molecule has 1 N–H and O–H groups in total. The van der Waals surface area contributed by atoms with E-state index >= 15 is 0 Å². The summed E-state index contributed by atoms with van der Waals surface area (Å²) in [5, 5.41) is 4.32. The quantitative estimate of drug-likeness (QED) is 0.573. The standard InChI is InChI=1S/C21H26N2O2/c1-4-5-11-20(18-9-7-6-8-10-18)22-23-21(24)15-25-19-13-16(2)12-17(3)14-19/h6-10,12-14H,4-5,11,15H2,1-3H3,(H,23,24)/b22-20+. The average molecular weight is 338 g/mol. The van der Waals surface area contributed by atoms with E-state index in [0.29, 0.717) is 5.75 Å². The Balaban J connectivity index is 1.95. The summed E-state index contributed by atoms with van der Waals surface area (Å²) < 4.78 is 5.57. The van der Waals surface area contributed by atoms with E-state index in [-0.39, 0.29) is 12.5 Å². The van der Waals surface area contributed by atoms with Crippen LogP contribution < -0.4 is 10.2 Å². The van der Waals surface area contributed by atoms with Crippen LogP contribution >= 0.6 is 0 Å². The number of amides is 1. The summed E-state index contributed by atoms with van der Waals surface area (Å²) >= 11 is 0. The Morgan fingerprint density at radius 1 is 1.08 bits per heavy atom. The van der Waals surface area contributed by atoms with Gasteiger partial charge in [0.05, 0.1) is 5.71 Å². The number of nitrogens with zero attached hydrogens (tertiary/aromatic N) is 1. The monoisotopic (exact) mass is 338 g/mol. The second-order valence-electron chi connectivity index (χ2n) is 6.18. The lowest BCUT2D eigenvalue weighted by Crippen LogP contribution is -2.26. The summed E-state index contributed by atoms with van der Waals surface area (Å²) in [5.74, 6) is 0.440. The van der Waals surface area contributed by atoms with Gasteiger partial charge in [0.15, 0.2) is 6.61 Å². The third-order valence-corrected chi connectivity index (χ3v) is 3.75. The molecule has 2 aromatic carbocycles. The molecule has 0 aliphatic rings. The van der Waals surface area contributed by atoms with Crippen molar-refractivity contribution in [1.29, 1.82) is 0 Å². The molecular weight excluding hydrogens is 312 g/mol. The van der Waals surface area contributed by atoms with Gasteiger partial charge in [0.25, 0.3) is 5.91 Å². The van der Waals surface area contributed by atoms with Gasteiger partial charge in [0, 0.05) is 0 Å². The van der Waals surface area contributed by atoms with Crippen LogP contribution in [0.1, 0.15) is 42.9 Å². The Morgan fingerprint density at radius 3 is 2.40 bits per heavy atom. The predicted octanol–water partition coefficient (Wildman–Crippen LogP) is 4.39. The number of hydrazone groups is 1. The first-order valence-electron chi connectivity index (χ1n) is 8.70. The Bertz CT molecular complexity index is 704. The Hall–Kier alpha value is -2.62. The predicted molar refractivity (Wildman–Crippen MR) is 102 cm³/mol. The Labute approximate surface area is 149 Å². The summed E-state index contributed by atoms with van der Waals surface area (Å²) in [6.45, 7) is 6.09. The Morgan fingerprint density at radius 2 is 1.76 bits per heavy atom. The van der Waals surface area contributed by atoms with Crippen LogP contribution in [0, 0.1) is 13.8 Å². The van der Waals surface area contributed by atoms with E-state index in [9.17, 15) is 4.79 Å². The largest absolute Gasteiger partial charge is 0.484 e. The van der Waals surface area contributed by atoms with Crippen LogP contribution in [0.3, 0.4) is 0 Å². The van der Waals surface area contributed by atoms with Crippen molar-refractivity contribution in [3.63, 3.8) is 0 Å². The molecule has 0 atom stereocenters. The second kappa shape index (κ2) is 9.62. The normalized spacial score (nSPS) is 11.2. The molecule has 0 aliphatic carbocycles. The van der Waals surface area contributed by atoms with Crippen LogP contribution in [0.5, 0.6) is 5.75 Å². The lowest BCUT2D eigenvalue weighted by atomic mass is 10.1. The van der Waals surface area contributed by atoms with E-state index in [1.54, 1.807) is 0 Å². The fourth-order valence-electron chi connectivity index (χ4n) is 2.57. The molecule has 0 fully saturated rings. The average Bonchev–Trinajstić information content (AvgIpc) is 2.60. The van der Waals surface area contributed by atoms with Gasteiger partial charge >= 0.3 is 0 Å². The van der Waals surface area contributed by atoms with Crippen molar-refractivity contribution in [1.82, 2.24) is 5.43 Å². The number of unbranched alkanes of at least 4 members (excludes halogenated alkanes) is 1. The first-order valence-corrected chi connectivity index (χ1v) is 8.70. The van der Waals surface area contributed by atoms with E-state index in [1.807, 2.05) is 56.3 Å². The van der Waals surface area contributed by atoms with Crippen molar-refractivity contribution >= 4 is 11.6 Å². The molecular formula is C21H26N2O2. The molecule has 2 rings (SSSR count). The third-order valence-electron chi connectivity index (χ3n) is 3.75. The van der Waals surface area contributed by atoms with Gasteiger partial charge in [0.1, 0.15) is 5.75 Å². The van der Waals surface area contributed by atoms with E-state index in [1.165, 1.54) is 0 Å². The van der Waals surface area contributed by atoms with E-state index in [4.69, 9.17) is 4.74 Å². The number of hydrogen-bond acceptors (Lipinski definition) is 3.